The van der Waals surface area contributed by atoms with Gasteiger partial charge >= 0.3 is 5.97 Å². The minimum absolute atomic E-state index is 0.0151. The van der Waals surface area contributed by atoms with E-state index in [1.54, 1.807) is 13.0 Å². The van der Waals surface area contributed by atoms with Gasteiger partial charge in [-0.25, -0.2) is 9.18 Å². The van der Waals surface area contributed by atoms with Gasteiger partial charge in [0.2, 0.25) is 11.3 Å². The van der Waals surface area contributed by atoms with E-state index in [2.05, 4.69) is 0 Å². The number of carbonyl (C=O) groups is 1. The smallest absolute Gasteiger partial charge is 0.343 e. The maximum absolute atomic E-state index is 13.8. The Bertz CT molecular complexity index is 836. The molecule has 1 fully saturated rings. The Hall–Kier alpha value is -2.37. The topological polar surface area (TPSA) is 68.0 Å². The van der Waals surface area contributed by atoms with Gasteiger partial charge in [0, 0.05) is 5.56 Å². The summed E-state index contributed by atoms with van der Waals surface area (Å²) in [5.74, 6) is -1.83. The molecule has 2 heterocycles. The van der Waals surface area contributed by atoms with E-state index >= 15 is 0 Å². The number of ether oxygens (including phenoxy) is 1. The molecule has 0 radical (unpaired) electrons. The summed E-state index contributed by atoms with van der Waals surface area (Å²) >= 11 is 0. The Morgan fingerprint density at radius 3 is 2.77 bits per heavy atom. The molecule has 0 spiro atoms. The molecule has 3 rings (SSSR count). The number of carbonyl (C=O) groups excluding carboxylic acids is 1. The van der Waals surface area contributed by atoms with Gasteiger partial charge in [-0.3, -0.25) is 9.20 Å². The van der Waals surface area contributed by atoms with Crippen LogP contribution in [0.1, 0.15) is 47.2 Å². The van der Waals surface area contributed by atoms with Crippen LogP contribution in [-0.4, -0.2) is 22.1 Å². The summed E-state index contributed by atoms with van der Waals surface area (Å²) in [4.78, 5) is 23.8. The van der Waals surface area contributed by atoms with Gasteiger partial charge in [0.15, 0.2) is 5.82 Å². The van der Waals surface area contributed by atoms with E-state index in [1.807, 2.05) is 0 Å². The number of hydrogen-bond donors (Lipinski definition) is 1. The first-order chi connectivity index (χ1) is 10.5. The highest BCUT2D eigenvalue weighted by molar-refractivity contribution is 5.93. The SMILES string of the molecule is CCOC(=O)c1cc(C2CC2)c2c(C)c(=O)c(F)cn2c1O. The average Bonchev–Trinajstić information content (AvgIpc) is 3.30. The minimum atomic E-state index is -0.965. The number of aromatic hydroxyl groups is 1. The van der Waals surface area contributed by atoms with Crippen molar-refractivity contribution in [3.05, 3.63) is 45.0 Å². The van der Waals surface area contributed by atoms with Crippen LogP contribution in [0.15, 0.2) is 17.1 Å². The number of halogens is 1. The van der Waals surface area contributed by atoms with Crippen molar-refractivity contribution in [3.8, 4) is 5.88 Å². The van der Waals surface area contributed by atoms with Crippen molar-refractivity contribution in [1.82, 2.24) is 4.40 Å². The lowest BCUT2D eigenvalue weighted by Gasteiger charge is -2.15. The molecule has 0 unspecified atom stereocenters. The Labute approximate surface area is 126 Å². The maximum Gasteiger partial charge on any atom is 0.343 e. The Morgan fingerprint density at radius 2 is 2.18 bits per heavy atom. The second-order valence-corrected chi connectivity index (χ2v) is 5.48. The highest BCUT2D eigenvalue weighted by Gasteiger charge is 2.30. The number of aromatic nitrogens is 1. The molecular weight excluding hydrogens is 289 g/mol. The number of aryl methyl sites for hydroxylation is 1. The molecule has 1 saturated carbocycles. The third-order valence-corrected chi connectivity index (χ3v) is 3.95. The van der Waals surface area contributed by atoms with Crippen LogP contribution in [-0.2, 0) is 4.74 Å². The fourth-order valence-corrected chi connectivity index (χ4v) is 2.71. The first-order valence-corrected chi connectivity index (χ1v) is 7.20. The van der Waals surface area contributed by atoms with Gasteiger partial charge in [0.1, 0.15) is 5.56 Å². The lowest BCUT2D eigenvalue weighted by Crippen LogP contribution is -2.16. The van der Waals surface area contributed by atoms with E-state index in [0.717, 1.165) is 24.6 Å². The molecule has 0 saturated heterocycles. The molecule has 1 N–H and O–H groups in total. The predicted octanol–water partition coefficient (Wildman–Crippen LogP) is 2.51. The highest BCUT2D eigenvalue weighted by Crippen LogP contribution is 2.44. The number of hydrogen-bond acceptors (Lipinski definition) is 4. The third-order valence-electron chi connectivity index (χ3n) is 3.95. The van der Waals surface area contributed by atoms with Gasteiger partial charge in [-0.2, -0.15) is 0 Å². The van der Waals surface area contributed by atoms with Gasteiger partial charge in [-0.1, -0.05) is 0 Å². The summed E-state index contributed by atoms with van der Waals surface area (Å²) in [5.41, 5.74) is 0.770. The molecule has 5 nitrogen and oxygen atoms in total. The van der Waals surface area contributed by atoms with Crippen LogP contribution in [0.5, 0.6) is 5.88 Å². The molecule has 0 atom stereocenters. The van der Waals surface area contributed by atoms with Crippen LogP contribution in [0.25, 0.3) is 5.52 Å². The summed E-state index contributed by atoms with van der Waals surface area (Å²) in [6.45, 7) is 3.36. The molecule has 2 aromatic rings. The van der Waals surface area contributed by atoms with Crippen molar-refractivity contribution in [1.29, 1.82) is 0 Å². The fourth-order valence-electron chi connectivity index (χ4n) is 2.71. The van der Waals surface area contributed by atoms with E-state index < -0.39 is 23.1 Å². The highest BCUT2D eigenvalue weighted by atomic mass is 19.1. The zero-order chi connectivity index (χ0) is 16.0. The van der Waals surface area contributed by atoms with Crippen LogP contribution >= 0.6 is 0 Å². The Morgan fingerprint density at radius 1 is 1.50 bits per heavy atom. The lowest BCUT2D eigenvalue weighted by molar-refractivity contribution is 0.0522. The van der Waals surface area contributed by atoms with Gasteiger partial charge in [-0.05, 0) is 44.2 Å². The van der Waals surface area contributed by atoms with E-state index in [-0.39, 0.29) is 23.7 Å². The predicted molar refractivity (Wildman–Crippen MR) is 78.0 cm³/mol. The molecule has 0 aliphatic heterocycles. The summed E-state index contributed by atoms with van der Waals surface area (Å²) in [5, 5.41) is 10.3. The van der Waals surface area contributed by atoms with Crippen LogP contribution in [0.3, 0.4) is 0 Å². The summed E-state index contributed by atoms with van der Waals surface area (Å²) in [6.07, 6.45) is 2.80. The molecular formula is C16H16FNO4. The summed E-state index contributed by atoms with van der Waals surface area (Å²) in [6, 6.07) is 1.56. The molecule has 6 heteroatoms. The molecule has 1 aliphatic carbocycles. The zero-order valence-corrected chi connectivity index (χ0v) is 12.4. The van der Waals surface area contributed by atoms with E-state index in [0.29, 0.717) is 5.52 Å². The van der Waals surface area contributed by atoms with E-state index in [1.165, 1.54) is 11.3 Å². The Balaban J connectivity index is 2.38. The van der Waals surface area contributed by atoms with Crippen molar-refractivity contribution in [2.45, 2.75) is 32.6 Å². The minimum Gasteiger partial charge on any atom is -0.494 e. The van der Waals surface area contributed by atoms with Gasteiger partial charge in [0.25, 0.3) is 0 Å². The standard InChI is InChI=1S/C16H16FNO4/c1-3-22-16(21)11-6-10(9-4-5-9)13-8(2)14(19)12(17)7-18(13)15(11)20/h6-7,9,20H,3-5H2,1-2H3. The maximum atomic E-state index is 13.8. The quantitative estimate of drug-likeness (QED) is 0.885. The largest absolute Gasteiger partial charge is 0.494 e. The second kappa shape index (κ2) is 5.12. The van der Waals surface area contributed by atoms with Gasteiger partial charge in [-0.15, -0.1) is 0 Å². The summed E-state index contributed by atoms with van der Waals surface area (Å²) < 4.78 is 19.9. The number of esters is 1. The van der Waals surface area contributed by atoms with Crippen LogP contribution in [0.2, 0.25) is 0 Å². The number of pyridine rings is 2. The molecule has 1 aliphatic rings. The van der Waals surface area contributed by atoms with Crippen molar-refractivity contribution in [2.75, 3.05) is 6.61 Å². The summed E-state index contributed by atoms with van der Waals surface area (Å²) in [7, 11) is 0. The first kappa shape index (κ1) is 14.6. The molecule has 116 valence electrons. The molecule has 0 aromatic carbocycles. The van der Waals surface area contributed by atoms with E-state index in [9.17, 15) is 19.1 Å². The first-order valence-electron chi connectivity index (χ1n) is 7.20. The van der Waals surface area contributed by atoms with Crippen molar-refractivity contribution < 1.29 is 19.0 Å². The molecule has 22 heavy (non-hydrogen) atoms. The van der Waals surface area contributed by atoms with Crippen molar-refractivity contribution in [2.24, 2.45) is 0 Å². The molecule has 0 amide bonds. The number of rotatable bonds is 3. The van der Waals surface area contributed by atoms with Crippen molar-refractivity contribution in [3.63, 3.8) is 0 Å². The number of fused-ring (bicyclic) bond motifs is 1. The normalized spacial score (nSPS) is 14.3. The van der Waals surface area contributed by atoms with Gasteiger partial charge in [0.05, 0.1) is 18.3 Å². The second-order valence-electron chi connectivity index (χ2n) is 5.48. The fraction of sp³-hybridized carbons (Fsp3) is 0.375. The van der Waals surface area contributed by atoms with Crippen LogP contribution < -0.4 is 5.43 Å². The monoisotopic (exact) mass is 305 g/mol. The third kappa shape index (κ3) is 2.15. The van der Waals surface area contributed by atoms with Crippen LogP contribution in [0.4, 0.5) is 4.39 Å². The lowest BCUT2D eigenvalue weighted by atomic mass is 10.0. The van der Waals surface area contributed by atoms with Crippen molar-refractivity contribution >= 4 is 11.5 Å². The van der Waals surface area contributed by atoms with Crippen LogP contribution in [0, 0.1) is 12.7 Å². The van der Waals surface area contributed by atoms with Gasteiger partial charge < -0.3 is 9.84 Å². The average molecular weight is 305 g/mol. The van der Waals surface area contributed by atoms with E-state index in [4.69, 9.17) is 4.74 Å². The number of nitrogens with zero attached hydrogens (tertiary/aromatic N) is 1. The molecule has 0 bridgehead atoms. The molecule has 2 aromatic heterocycles. The zero-order valence-electron chi connectivity index (χ0n) is 12.4. The Kier molecular flexibility index (Phi) is 3.39.